The molecule has 0 unspecified atom stereocenters. The van der Waals surface area contributed by atoms with E-state index in [-0.39, 0.29) is 18.3 Å². The molecular weight excluding hydrogens is 425 g/mol. The summed E-state index contributed by atoms with van der Waals surface area (Å²) >= 11 is 9.39. The lowest BCUT2D eigenvalue weighted by Crippen LogP contribution is -2.19. The van der Waals surface area contributed by atoms with E-state index in [0.29, 0.717) is 22.9 Å². The van der Waals surface area contributed by atoms with Gasteiger partial charge in [0.2, 0.25) is 5.91 Å². The monoisotopic (exact) mass is 439 g/mol. The van der Waals surface area contributed by atoms with Crippen molar-refractivity contribution in [1.29, 1.82) is 0 Å². The SMILES string of the molecule is Cc1nn(Cc2ccc(F)cc2Cl)c(C)c1NC(=O)Cn1cc(Br)cn1. The fourth-order valence-corrected chi connectivity index (χ4v) is 3.15. The number of nitrogens with one attached hydrogen (secondary N) is 1. The Morgan fingerprint density at radius 2 is 2.15 bits per heavy atom. The number of halogens is 3. The molecule has 0 saturated heterocycles. The van der Waals surface area contributed by atoms with Gasteiger partial charge in [-0.1, -0.05) is 17.7 Å². The summed E-state index contributed by atoms with van der Waals surface area (Å²) in [6.07, 6.45) is 3.34. The zero-order valence-electron chi connectivity index (χ0n) is 14.1. The predicted molar refractivity (Wildman–Crippen MR) is 101 cm³/mol. The van der Waals surface area contributed by atoms with Crippen LogP contribution in [0.1, 0.15) is 17.0 Å². The van der Waals surface area contributed by atoms with Gasteiger partial charge in [-0.25, -0.2) is 4.39 Å². The molecule has 0 spiro atoms. The minimum Gasteiger partial charge on any atom is -0.321 e. The van der Waals surface area contributed by atoms with E-state index in [1.807, 2.05) is 13.8 Å². The molecule has 6 nitrogen and oxygen atoms in total. The molecule has 1 N–H and O–H groups in total. The molecule has 2 aromatic heterocycles. The van der Waals surface area contributed by atoms with Crippen LogP contribution in [-0.4, -0.2) is 25.5 Å². The summed E-state index contributed by atoms with van der Waals surface area (Å²) in [6.45, 7) is 4.15. The van der Waals surface area contributed by atoms with Crippen LogP contribution in [0.4, 0.5) is 10.1 Å². The van der Waals surface area contributed by atoms with E-state index >= 15 is 0 Å². The van der Waals surface area contributed by atoms with Crippen LogP contribution in [-0.2, 0) is 17.9 Å². The van der Waals surface area contributed by atoms with Crippen LogP contribution in [0.3, 0.4) is 0 Å². The minimum atomic E-state index is -0.384. The molecule has 0 bridgehead atoms. The third-order valence-electron chi connectivity index (χ3n) is 3.89. The van der Waals surface area contributed by atoms with E-state index in [1.54, 1.807) is 23.1 Å². The molecule has 2 heterocycles. The van der Waals surface area contributed by atoms with Crippen molar-refractivity contribution in [2.75, 3.05) is 5.32 Å². The van der Waals surface area contributed by atoms with Gasteiger partial charge in [-0.05, 0) is 47.5 Å². The molecule has 0 radical (unpaired) electrons. The number of hydrogen-bond acceptors (Lipinski definition) is 3. The number of hydrogen-bond donors (Lipinski definition) is 1. The Morgan fingerprint density at radius 1 is 1.38 bits per heavy atom. The molecule has 3 aromatic rings. The lowest BCUT2D eigenvalue weighted by atomic mass is 10.2. The van der Waals surface area contributed by atoms with Crippen LogP contribution in [0.2, 0.25) is 5.02 Å². The predicted octanol–water partition coefficient (Wildman–Crippen LogP) is 3.94. The molecule has 0 aliphatic rings. The highest BCUT2D eigenvalue weighted by atomic mass is 79.9. The van der Waals surface area contributed by atoms with Crippen molar-refractivity contribution in [3.8, 4) is 0 Å². The second kappa shape index (κ2) is 7.59. The highest BCUT2D eigenvalue weighted by Crippen LogP contribution is 2.23. The summed E-state index contributed by atoms with van der Waals surface area (Å²) in [4.78, 5) is 12.3. The number of nitrogens with zero attached hydrogens (tertiary/aromatic N) is 4. The van der Waals surface area contributed by atoms with Crippen LogP contribution in [0.15, 0.2) is 35.1 Å². The molecule has 1 amide bonds. The minimum absolute atomic E-state index is 0.0967. The van der Waals surface area contributed by atoms with Crippen LogP contribution in [0.25, 0.3) is 0 Å². The molecule has 3 rings (SSSR count). The van der Waals surface area contributed by atoms with Crippen LogP contribution < -0.4 is 5.32 Å². The Balaban J connectivity index is 1.76. The van der Waals surface area contributed by atoms with Gasteiger partial charge in [-0.15, -0.1) is 0 Å². The molecule has 0 saturated carbocycles. The zero-order chi connectivity index (χ0) is 18.8. The van der Waals surface area contributed by atoms with Gasteiger partial charge < -0.3 is 5.32 Å². The average molecular weight is 441 g/mol. The number of carbonyl (C=O) groups excluding carboxylic acids is 1. The summed E-state index contributed by atoms with van der Waals surface area (Å²) in [5.74, 6) is -0.587. The van der Waals surface area contributed by atoms with Crippen molar-refractivity contribution in [2.45, 2.75) is 26.9 Å². The Kier molecular flexibility index (Phi) is 5.43. The molecule has 26 heavy (non-hydrogen) atoms. The van der Waals surface area contributed by atoms with E-state index < -0.39 is 0 Å². The fraction of sp³-hybridized carbons (Fsp3) is 0.235. The van der Waals surface area contributed by atoms with Crippen LogP contribution in [0, 0.1) is 19.7 Å². The first-order chi connectivity index (χ1) is 12.3. The molecular formula is C17H16BrClFN5O. The van der Waals surface area contributed by atoms with Gasteiger partial charge in [0.1, 0.15) is 12.4 Å². The van der Waals surface area contributed by atoms with Gasteiger partial charge in [0.15, 0.2) is 0 Å². The standard InChI is InChI=1S/C17H16BrClFN5O/c1-10-17(22-16(26)9-24-8-13(18)6-21-24)11(2)25(23-10)7-12-3-4-14(20)5-15(12)19/h3-6,8H,7,9H2,1-2H3,(H,22,26). The van der Waals surface area contributed by atoms with Crippen molar-refractivity contribution >= 4 is 39.1 Å². The summed E-state index contributed by atoms with van der Waals surface area (Å²) in [6, 6.07) is 4.26. The first-order valence-electron chi connectivity index (χ1n) is 7.79. The second-order valence-corrected chi connectivity index (χ2v) is 7.17. The summed E-state index contributed by atoms with van der Waals surface area (Å²) < 4.78 is 17.3. The Morgan fingerprint density at radius 3 is 2.81 bits per heavy atom. The molecule has 0 aliphatic carbocycles. The van der Waals surface area contributed by atoms with Crippen molar-refractivity contribution < 1.29 is 9.18 Å². The number of amides is 1. The lowest BCUT2D eigenvalue weighted by molar-refractivity contribution is -0.116. The van der Waals surface area contributed by atoms with Crippen molar-refractivity contribution in [1.82, 2.24) is 19.6 Å². The Bertz CT molecular complexity index is 968. The summed E-state index contributed by atoms with van der Waals surface area (Å²) in [5.41, 5.74) is 2.88. The van der Waals surface area contributed by atoms with Crippen LogP contribution in [0.5, 0.6) is 0 Å². The third-order valence-corrected chi connectivity index (χ3v) is 4.65. The maximum absolute atomic E-state index is 13.2. The van der Waals surface area contributed by atoms with Crippen molar-refractivity contribution in [3.63, 3.8) is 0 Å². The first kappa shape index (κ1) is 18.6. The molecule has 9 heteroatoms. The van der Waals surface area contributed by atoms with E-state index in [1.165, 1.54) is 16.8 Å². The quantitative estimate of drug-likeness (QED) is 0.653. The molecule has 0 fully saturated rings. The summed E-state index contributed by atoms with van der Waals surface area (Å²) in [5, 5.41) is 11.7. The van der Waals surface area contributed by atoms with Crippen molar-refractivity contribution in [2.24, 2.45) is 0 Å². The Hall–Kier alpha value is -2.19. The smallest absolute Gasteiger partial charge is 0.246 e. The van der Waals surface area contributed by atoms with Crippen LogP contribution >= 0.6 is 27.5 Å². The van der Waals surface area contributed by atoms with Gasteiger partial charge in [0.05, 0.1) is 34.3 Å². The third kappa shape index (κ3) is 4.13. The van der Waals surface area contributed by atoms with E-state index in [0.717, 1.165) is 15.7 Å². The highest BCUT2D eigenvalue weighted by Gasteiger charge is 2.16. The molecule has 0 aliphatic heterocycles. The molecule has 1 aromatic carbocycles. The highest BCUT2D eigenvalue weighted by molar-refractivity contribution is 9.10. The number of rotatable bonds is 5. The van der Waals surface area contributed by atoms with E-state index in [2.05, 4.69) is 31.4 Å². The zero-order valence-corrected chi connectivity index (χ0v) is 16.5. The topological polar surface area (TPSA) is 64.7 Å². The van der Waals surface area contributed by atoms with Gasteiger partial charge in [-0.2, -0.15) is 10.2 Å². The number of anilines is 1. The van der Waals surface area contributed by atoms with Crippen molar-refractivity contribution in [3.05, 3.63) is 62.9 Å². The number of carbonyl (C=O) groups is 1. The lowest BCUT2D eigenvalue weighted by Gasteiger charge is -2.08. The first-order valence-corrected chi connectivity index (χ1v) is 8.96. The van der Waals surface area contributed by atoms with E-state index in [4.69, 9.17) is 11.6 Å². The fourth-order valence-electron chi connectivity index (χ4n) is 2.59. The van der Waals surface area contributed by atoms with Gasteiger partial charge in [0, 0.05) is 11.2 Å². The number of aryl methyl sites for hydroxylation is 1. The van der Waals surface area contributed by atoms with Gasteiger partial charge in [-0.3, -0.25) is 14.2 Å². The van der Waals surface area contributed by atoms with E-state index in [9.17, 15) is 9.18 Å². The average Bonchev–Trinajstić information content (AvgIpc) is 3.08. The number of aromatic nitrogens is 4. The largest absolute Gasteiger partial charge is 0.321 e. The molecule has 0 atom stereocenters. The van der Waals surface area contributed by atoms with Gasteiger partial charge in [0.25, 0.3) is 0 Å². The number of benzene rings is 1. The van der Waals surface area contributed by atoms with Gasteiger partial charge >= 0.3 is 0 Å². The summed E-state index contributed by atoms with van der Waals surface area (Å²) in [7, 11) is 0. The maximum Gasteiger partial charge on any atom is 0.246 e. The maximum atomic E-state index is 13.2. The second-order valence-electron chi connectivity index (χ2n) is 5.84. The normalized spacial score (nSPS) is 11.0. The Labute approximate surface area is 163 Å². The molecule has 136 valence electrons.